The summed E-state index contributed by atoms with van der Waals surface area (Å²) in [5.74, 6) is 0. The Kier molecular flexibility index (Phi) is 4.81. The molecule has 1 heterocycles. The standard InChI is InChI=1S/C16H16BrN3O4S/c1-18-8-9-19(14-7-6-13(17)10-12(14)11-18)25(23,24)16-5-3-2-4-15(16)20(21)22/h2-7,10H,8-9,11H2,1H3. The van der Waals surface area contributed by atoms with Gasteiger partial charge in [-0.05, 0) is 36.9 Å². The van der Waals surface area contributed by atoms with Crippen LogP contribution in [-0.2, 0) is 16.6 Å². The molecule has 132 valence electrons. The smallest absolute Gasteiger partial charge is 0.289 e. The third-order valence-corrected chi connectivity index (χ3v) is 6.42. The number of halogens is 1. The maximum atomic E-state index is 13.2. The third kappa shape index (κ3) is 3.39. The van der Waals surface area contributed by atoms with Crippen molar-refractivity contribution < 1.29 is 13.3 Å². The Morgan fingerprint density at radius 1 is 1.16 bits per heavy atom. The predicted octanol–water partition coefficient (Wildman–Crippen LogP) is 3.00. The molecule has 0 saturated heterocycles. The number of para-hydroxylation sites is 1. The number of anilines is 1. The lowest BCUT2D eigenvalue weighted by molar-refractivity contribution is -0.387. The van der Waals surface area contributed by atoms with Crippen LogP contribution in [0.25, 0.3) is 0 Å². The normalized spacial score (nSPS) is 15.5. The number of nitro groups is 1. The lowest BCUT2D eigenvalue weighted by atomic mass is 10.2. The van der Waals surface area contributed by atoms with Gasteiger partial charge in [-0.3, -0.25) is 14.4 Å². The first kappa shape index (κ1) is 17.8. The molecule has 0 amide bonds. The molecule has 2 aromatic rings. The number of rotatable bonds is 3. The summed E-state index contributed by atoms with van der Waals surface area (Å²) in [6, 6.07) is 10.8. The molecule has 0 fully saturated rings. The Hall–Kier alpha value is -1.97. The molecule has 7 nitrogen and oxygen atoms in total. The summed E-state index contributed by atoms with van der Waals surface area (Å²) in [6.07, 6.45) is 0. The SMILES string of the molecule is CN1CCN(S(=O)(=O)c2ccccc2[N+](=O)[O-])c2ccc(Br)cc2C1. The van der Waals surface area contributed by atoms with E-state index in [-0.39, 0.29) is 11.4 Å². The van der Waals surface area contributed by atoms with Crippen LogP contribution in [0.3, 0.4) is 0 Å². The molecule has 2 aromatic carbocycles. The van der Waals surface area contributed by atoms with Crippen molar-refractivity contribution in [1.29, 1.82) is 0 Å². The van der Waals surface area contributed by atoms with Crippen molar-refractivity contribution in [1.82, 2.24) is 4.90 Å². The Morgan fingerprint density at radius 3 is 2.60 bits per heavy atom. The van der Waals surface area contributed by atoms with E-state index >= 15 is 0 Å². The van der Waals surface area contributed by atoms with E-state index in [0.29, 0.717) is 18.8 Å². The maximum Gasteiger partial charge on any atom is 0.289 e. The quantitative estimate of drug-likeness (QED) is 0.557. The van der Waals surface area contributed by atoms with Crippen molar-refractivity contribution in [3.8, 4) is 0 Å². The summed E-state index contributed by atoms with van der Waals surface area (Å²) in [4.78, 5) is 12.3. The summed E-state index contributed by atoms with van der Waals surface area (Å²) in [5.41, 5.74) is 0.973. The zero-order valence-electron chi connectivity index (χ0n) is 13.4. The highest BCUT2D eigenvalue weighted by atomic mass is 79.9. The zero-order chi connectivity index (χ0) is 18.2. The van der Waals surface area contributed by atoms with E-state index in [9.17, 15) is 18.5 Å². The number of hydrogen-bond acceptors (Lipinski definition) is 5. The van der Waals surface area contributed by atoms with Gasteiger partial charge in [0.2, 0.25) is 0 Å². The van der Waals surface area contributed by atoms with Crippen LogP contribution in [0.2, 0.25) is 0 Å². The number of benzene rings is 2. The monoisotopic (exact) mass is 425 g/mol. The van der Waals surface area contributed by atoms with Crippen LogP contribution < -0.4 is 4.31 Å². The number of likely N-dealkylation sites (N-methyl/N-ethyl adjacent to an activating group) is 1. The van der Waals surface area contributed by atoms with E-state index in [4.69, 9.17) is 0 Å². The number of fused-ring (bicyclic) bond motifs is 1. The van der Waals surface area contributed by atoms with Gasteiger partial charge in [-0.2, -0.15) is 0 Å². The minimum Gasteiger partial charge on any atom is -0.300 e. The summed E-state index contributed by atoms with van der Waals surface area (Å²) in [6.45, 7) is 1.34. The van der Waals surface area contributed by atoms with Crippen LogP contribution in [0.5, 0.6) is 0 Å². The van der Waals surface area contributed by atoms with Gasteiger partial charge in [0.25, 0.3) is 15.7 Å². The number of nitrogens with zero attached hydrogens (tertiary/aromatic N) is 3. The van der Waals surface area contributed by atoms with E-state index in [1.54, 1.807) is 12.1 Å². The second-order valence-corrected chi connectivity index (χ2v) is 8.56. The van der Waals surface area contributed by atoms with E-state index in [1.165, 1.54) is 28.6 Å². The summed E-state index contributed by atoms with van der Waals surface area (Å²) in [7, 11) is -2.15. The van der Waals surface area contributed by atoms with Crippen LogP contribution >= 0.6 is 15.9 Å². The molecule has 0 atom stereocenters. The summed E-state index contributed by atoms with van der Waals surface area (Å²) in [5, 5.41) is 11.3. The molecule has 0 N–H and O–H groups in total. The van der Waals surface area contributed by atoms with Crippen LogP contribution in [0.15, 0.2) is 51.8 Å². The highest BCUT2D eigenvalue weighted by Gasteiger charge is 2.34. The third-order valence-electron chi connectivity index (χ3n) is 4.07. The average molecular weight is 426 g/mol. The first-order valence-electron chi connectivity index (χ1n) is 7.54. The zero-order valence-corrected chi connectivity index (χ0v) is 15.8. The predicted molar refractivity (Wildman–Crippen MR) is 98.1 cm³/mol. The molecule has 1 aliphatic heterocycles. The van der Waals surface area contributed by atoms with E-state index in [2.05, 4.69) is 15.9 Å². The van der Waals surface area contributed by atoms with Crippen LogP contribution in [0, 0.1) is 10.1 Å². The van der Waals surface area contributed by atoms with Gasteiger partial charge in [0.05, 0.1) is 10.6 Å². The lowest BCUT2D eigenvalue weighted by Crippen LogP contribution is -2.35. The molecule has 3 rings (SSSR count). The van der Waals surface area contributed by atoms with Crippen LogP contribution in [0.4, 0.5) is 11.4 Å². The first-order valence-corrected chi connectivity index (χ1v) is 9.77. The number of nitro benzene ring substituents is 1. The van der Waals surface area contributed by atoms with Crippen molar-refractivity contribution in [2.75, 3.05) is 24.4 Å². The first-order chi connectivity index (χ1) is 11.8. The molecular formula is C16H16BrN3O4S. The Morgan fingerprint density at radius 2 is 1.88 bits per heavy atom. The van der Waals surface area contributed by atoms with Gasteiger partial charge in [0.1, 0.15) is 0 Å². The molecule has 0 radical (unpaired) electrons. The van der Waals surface area contributed by atoms with Gasteiger partial charge in [-0.25, -0.2) is 8.42 Å². The van der Waals surface area contributed by atoms with Crippen molar-refractivity contribution in [3.63, 3.8) is 0 Å². The summed E-state index contributed by atoms with van der Waals surface area (Å²) >= 11 is 3.41. The van der Waals surface area contributed by atoms with Crippen LogP contribution in [0.1, 0.15) is 5.56 Å². The Bertz CT molecular complexity index is 933. The Balaban J connectivity index is 2.17. The van der Waals surface area contributed by atoms with Crippen molar-refractivity contribution >= 4 is 37.3 Å². The van der Waals surface area contributed by atoms with E-state index < -0.39 is 20.6 Å². The van der Waals surface area contributed by atoms with E-state index in [0.717, 1.165) is 10.0 Å². The van der Waals surface area contributed by atoms with Gasteiger partial charge in [0.15, 0.2) is 4.90 Å². The minimum absolute atomic E-state index is 0.222. The fourth-order valence-electron chi connectivity index (χ4n) is 2.87. The van der Waals surface area contributed by atoms with E-state index in [1.807, 2.05) is 18.0 Å². The van der Waals surface area contributed by atoms with Gasteiger partial charge in [-0.1, -0.05) is 28.1 Å². The molecular weight excluding hydrogens is 410 g/mol. The van der Waals surface area contributed by atoms with Gasteiger partial charge >= 0.3 is 0 Å². The topological polar surface area (TPSA) is 83.8 Å². The molecule has 25 heavy (non-hydrogen) atoms. The second-order valence-electron chi connectivity index (χ2n) is 5.81. The van der Waals surface area contributed by atoms with Crippen molar-refractivity contribution in [2.24, 2.45) is 0 Å². The van der Waals surface area contributed by atoms with Gasteiger partial charge in [0, 0.05) is 30.2 Å². The average Bonchev–Trinajstić information content (AvgIpc) is 2.72. The summed E-state index contributed by atoms with van der Waals surface area (Å²) < 4.78 is 28.5. The largest absolute Gasteiger partial charge is 0.300 e. The minimum atomic E-state index is -4.06. The van der Waals surface area contributed by atoms with Gasteiger partial charge < -0.3 is 4.90 Å². The molecule has 0 spiro atoms. The molecule has 0 aromatic heterocycles. The lowest BCUT2D eigenvalue weighted by Gasteiger charge is -2.24. The fraction of sp³-hybridized carbons (Fsp3) is 0.250. The maximum absolute atomic E-state index is 13.2. The molecule has 0 aliphatic carbocycles. The van der Waals surface area contributed by atoms with Crippen LogP contribution in [-0.4, -0.2) is 38.4 Å². The molecule has 0 unspecified atom stereocenters. The molecule has 9 heteroatoms. The number of sulfonamides is 1. The fourth-order valence-corrected chi connectivity index (χ4v) is 4.93. The Labute approximate surface area is 154 Å². The molecule has 0 bridgehead atoms. The van der Waals surface area contributed by atoms with Gasteiger partial charge in [-0.15, -0.1) is 0 Å². The van der Waals surface area contributed by atoms with Crippen molar-refractivity contribution in [3.05, 3.63) is 62.6 Å². The second kappa shape index (κ2) is 6.74. The number of hydrogen-bond donors (Lipinski definition) is 0. The molecule has 1 aliphatic rings. The molecule has 0 saturated carbocycles. The van der Waals surface area contributed by atoms with Crippen molar-refractivity contribution in [2.45, 2.75) is 11.4 Å². The highest BCUT2D eigenvalue weighted by molar-refractivity contribution is 9.10. The highest BCUT2D eigenvalue weighted by Crippen LogP contribution is 2.34.